The average Bonchev–Trinajstić information content (AvgIpc) is 2.54. The van der Waals surface area contributed by atoms with Crippen molar-refractivity contribution in [3.05, 3.63) is 29.8 Å². The van der Waals surface area contributed by atoms with Gasteiger partial charge < -0.3 is 15.4 Å². The van der Waals surface area contributed by atoms with Crippen molar-refractivity contribution in [3.63, 3.8) is 0 Å². The molecule has 116 valence electrons. The fraction of sp³-hybridized carbons (Fsp3) is 0.562. The molecule has 1 aromatic carbocycles. The molecule has 1 aromatic rings. The first kappa shape index (κ1) is 15.8. The molecule has 1 heterocycles. The first-order chi connectivity index (χ1) is 10.2. The highest BCUT2D eigenvalue weighted by molar-refractivity contribution is 5.76. The molecule has 0 aliphatic carbocycles. The van der Waals surface area contributed by atoms with E-state index in [1.165, 1.54) is 5.56 Å². The molecule has 5 nitrogen and oxygen atoms in total. The second-order valence-electron chi connectivity index (χ2n) is 5.36. The van der Waals surface area contributed by atoms with Crippen LogP contribution >= 0.6 is 0 Å². The molecule has 0 unspecified atom stereocenters. The van der Waals surface area contributed by atoms with Crippen LogP contribution in [0.25, 0.3) is 0 Å². The van der Waals surface area contributed by atoms with Crippen molar-refractivity contribution >= 4 is 5.91 Å². The first-order valence-corrected chi connectivity index (χ1v) is 7.56. The van der Waals surface area contributed by atoms with Crippen LogP contribution < -0.4 is 10.5 Å². The number of carbonyl (C=O) groups is 1. The maximum absolute atomic E-state index is 12.2. The molecule has 1 aliphatic rings. The monoisotopic (exact) mass is 291 g/mol. The number of aryl methyl sites for hydroxylation is 1. The number of hydrogen-bond donors (Lipinski definition) is 1. The molecule has 2 N–H and O–H groups in total. The molecule has 1 amide bonds. The van der Waals surface area contributed by atoms with Crippen LogP contribution in [0.15, 0.2) is 24.3 Å². The zero-order chi connectivity index (χ0) is 15.1. The van der Waals surface area contributed by atoms with Crippen molar-refractivity contribution in [2.24, 2.45) is 5.73 Å². The quantitative estimate of drug-likeness (QED) is 0.839. The maximum atomic E-state index is 12.2. The number of hydrogen-bond acceptors (Lipinski definition) is 4. The molecular formula is C16H25N3O2. The third-order valence-corrected chi connectivity index (χ3v) is 3.96. The third-order valence-electron chi connectivity index (χ3n) is 3.96. The summed E-state index contributed by atoms with van der Waals surface area (Å²) in [6, 6.07) is 7.91. The third kappa shape index (κ3) is 4.72. The molecule has 21 heavy (non-hydrogen) atoms. The lowest BCUT2D eigenvalue weighted by molar-refractivity contribution is -0.132. The molecule has 0 aromatic heterocycles. The van der Waals surface area contributed by atoms with Crippen LogP contribution in [0.1, 0.15) is 12.0 Å². The van der Waals surface area contributed by atoms with Gasteiger partial charge in [0.15, 0.2) is 0 Å². The van der Waals surface area contributed by atoms with E-state index in [-0.39, 0.29) is 5.91 Å². The van der Waals surface area contributed by atoms with Crippen molar-refractivity contribution in [1.29, 1.82) is 0 Å². The average molecular weight is 291 g/mol. The van der Waals surface area contributed by atoms with Crippen molar-refractivity contribution in [1.82, 2.24) is 9.80 Å². The number of piperazine rings is 1. The van der Waals surface area contributed by atoms with E-state index in [0.717, 1.165) is 44.9 Å². The lowest BCUT2D eigenvalue weighted by atomic mass is 10.1. The smallest absolute Gasteiger partial charge is 0.222 e. The summed E-state index contributed by atoms with van der Waals surface area (Å²) in [5.41, 5.74) is 6.73. The Morgan fingerprint density at radius 3 is 2.43 bits per heavy atom. The Hall–Kier alpha value is -1.59. The molecule has 1 saturated heterocycles. The van der Waals surface area contributed by atoms with Gasteiger partial charge in [-0.2, -0.15) is 0 Å². The van der Waals surface area contributed by atoms with Crippen molar-refractivity contribution in [3.8, 4) is 5.75 Å². The predicted octanol–water partition coefficient (Wildman–Crippen LogP) is 0.731. The highest BCUT2D eigenvalue weighted by Gasteiger charge is 2.20. The molecule has 1 fully saturated rings. The van der Waals surface area contributed by atoms with Crippen LogP contribution in [0.3, 0.4) is 0 Å². The van der Waals surface area contributed by atoms with Crippen molar-refractivity contribution in [2.75, 3.05) is 46.4 Å². The summed E-state index contributed by atoms with van der Waals surface area (Å²) in [6.45, 7) is 5.12. The van der Waals surface area contributed by atoms with Gasteiger partial charge in [-0.3, -0.25) is 9.69 Å². The highest BCUT2D eigenvalue weighted by Crippen LogP contribution is 2.13. The number of benzene rings is 1. The van der Waals surface area contributed by atoms with Crippen molar-refractivity contribution in [2.45, 2.75) is 12.8 Å². The molecule has 0 atom stereocenters. The lowest BCUT2D eigenvalue weighted by Crippen LogP contribution is -2.49. The molecule has 1 aliphatic heterocycles. The number of amides is 1. The highest BCUT2D eigenvalue weighted by atomic mass is 16.5. The van der Waals surface area contributed by atoms with E-state index in [1.807, 2.05) is 29.2 Å². The van der Waals surface area contributed by atoms with E-state index in [0.29, 0.717) is 13.0 Å². The van der Waals surface area contributed by atoms with Gasteiger partial charge in [-0.25, -0.2) is 0 Å². The Kier molecular flexibility index (Phi) is 6.02. The largest absolute Gasteiger partial charge is 0.497 e. The summed E-state index contributed by atoms with van der Waals surface area (Å²) in [6.07, 6.45) is 1.36. The Bertz CT molecular complexity index is 439. The maximum Gasteiger partial charge on any atom is 0.222 e. The number of rotatable bonds is 6. The number of carbonyl (C=O) groups excluding carboxylic acids is 1. The lowest BCUT2D eigenvalue weighted by Gasteiger charge is -2.34. The van der Waals surface area contributed by atoms with Gasteiger partial charge in [0.1, 0.15) is 5.75 Å². The Labute approximate surface area is 126 Å². The van der Waals surface area contributed by atoms with Gasteiger partial charge in [-0.1, -0.05) is 12.1 Å². The number of ether oxygens (including phenoxy) is 1. The standard InChI is InChI=1S/C16H25N3O2/c1-21-15-5-2-14(3-6-15)4-7-16(20)19-12-10-18(9-8-17)11-13-19/h2-3,5-6H,4,7-13,17H2,1H3. The van der Waals surface area contributed by atoms with E-state index < -0.39 is 0 Å². The molecule has 0 bridgehead atoms. The molecule has 5 heteroatoms. The number of nitrogens with zero attached hydrogens (tertiary/aromatic N) is 2. The van der Waals surface area contributed by atoms with Crippen molar-refractivity contribution < 1.29 is 9.53 Å². The minimum absolute atomic E-state index is 0.248. The molecular weight excluding hydrogens is 266 g/mol. The van der Waals surface area contributed by atoms with Crippen LogP contribution in [0.5, 0.6) is 5.75 Å². The summed E-state index contributed by atoms with van der Waals surface area (Å²) in [7, 11) is 1.66. The van der Waals surface area contributed by atoms with E-state index in [9.17, 15) is 4.79 Å². The van der Waals surface area contributed by atoms with E-state index in [4.69, 9.17) is 10.5 Å². The second kappa shape index (κ2) is 8.00. The Balaban J connectivity index is 1.74. The zero-order valence-electron chi connectivity index (χ0n) is 12.8. The Morgan fingerprint density at radius 2 is 1.86 bits per heavy atom. The molecule has 0 saturated carbocycles. The van der Waals surface area contributed by atoms with Gasteiger partial charge >= 0.3 is 0 Å². The summed E-state index contributed by atoms with van der Waals surface area (Å²) in [4.78, 5) is 16.5. The molecule has 2 rings (SSSR count). The summed E-state index contributed by atoms with van der Waals surface area (Å²) in [5.74, 6) is 1.10. The van der Waals surface area contributed by atoms with Crippen LogP contribution in [-0.4, -0.2) is 62.1 Å². The van der Waals surface area contributed by atoms with Crippen LogP contribution in [-0.2, 0) is 11.2 Å². The fourth-order valence-electron chi connectivity index (χ4n) is 2.61. The van der Waals surface area contributed by atoms with E-state index >= 15 is 0 Å². The van der Waals surface area contributed by atoms with Crippen LogP contribution in [0.4, 0.5) is 0 Å². The number of nitrogens with two attached hydrogens (primary N) is 1. The molecule has 0 spiro atoms. The zero-order valence-corrected chi connectivity index (χ0v) is 12.8. The van der Waals surface area contributed by atoms with E-state index in [1.54, 1.807) is 7.11 Å². The topological polar surface area (TPSA) is 58.8 Å². The Morgan fingerprint density at radius 1 is 1.19 bits per heavy atom. The number of methoxy groups -OCH3 is 1. The van der Waals surface area contributed by atoms with Crippen LogP contribution in [0.2, 0.25) is 0 Å². The summed E-state index contributed by atoms with van der Waals surface area (Å²) >= 11 is 0. The van der Waals surface area contributed by atoms with Gasteiger partial charge in [-0.15, -0.1) is 0 Å². The van der Waals surface area contributed by atoms with E-state index in [2.05, 4.69) is 4.90 Å². The fourth-order valence-corrected chi connectivity index (χ4v) is 2.61. The van der Waals surface area contributed by atoms with Gasteiger partial charge in [0.05, 0.1) is 7.11 Å². The van der Waals surface area contributed by atoms with Gasteiger partial charge in [0.2, 0.25) is 5.91 Å². The van der Waals surface area contributed by atoms with Crippen LogP contribution in [0, 0.1) is 0 Å². The summed E-state index contributed by atoms with van der Waals surface area (Å²) < 4.78 is 5.13. The van der Waals surface area contributed by atoms with Gasteiger partial charge in [0, 0.05) is 45.7 Å². The normalized spacial score (nSPS) is 16.0. The predicted molar refractivity (Wildman–Crippen MR) is 83.4 cm³/mol. The molecule has 0 radical (unpaired) electrons. The second-order valence-corrected chi connectivity index (χ2v) is 5.36. The summed E-state index contributed by atoms with van der Waals surface area (Å²) in [5, 5.41) is 0. The van der Waals surface area contributed by atoms with Gasteiger partial charge in [-0.05, 0) is 24.1 Å². The minimum atomic E-state index is 0.248. The minimum Gasteiger partial charge on any atom is -0.497 e. The SMILES string of the molecule is COc1ccc(CCC(=O)N2CCN(CCN)CC2)cc1. The first-order valence-electron chi connectivity index (χ1n) is 7.56. The van der Waals surface area contributed by atoms with Gasteiger partial charge in [0.25, 0.3) is 0 Å².